The summed E-state index contributed by atoms with van der Waals surface area (Å²) in [4.78, 5) is 11.4. The number of hydrogen-bond acceptors (Lipinski definition) is 2. The second-order valence-corrected chi connectivity index (χ2v) is 5.35. The third-order valence-corrected chi connectivity index (χ3v) is 3.94. The number of amides is 1. The van der Waals surface area contributed by atoms with Gasteiger partial charge in [-0.2, -0.15) is 0 Å². The summed E-state index contributed by atoms with van der Waals surface area (Å²) in [5.41, 5.74) is 6.15. The van der Waals surface area contributed by atoms with Gasteiger partial charge in [-0.15, -0.1) is 0 Å². The Labute approximate surface area is 117 Å². The molecule has 0 heterocycles. The Morgan fingerprint density at radius 3 is 2.70 bits per heavy atom. The largest absolute Gasteiger partial charge is 0.369 e. The van der Waals surface area contributed by atoms with Crippen LogP contribution in [0.2, 0.25) is 0 Å². The first-order valence-corrected chi connectivity index (χ1v) is 7.04. The predicted molar refractivity (Wildman–Crippen MR) is 73.0 cm³/mol. The first-order valence-electron chi connectivity index (χ1n) is 7.04. The minimum absolute atomic E-state index is 0.103. The molecule has 0 saturated heterocycles. The van der Waals surface area contributed by atoms with E-state index in [0.717, 1.165) is 37.3 Å². The fourth-order valence-electron chi connectivity index (χ4n) is 2.81. The fourth-order valence-corrected chi connectivity index (χ4v) is 2.81. The molecule has 2 rings (SSSR count). The van der Waals surface area contributed by atoms with Gasteiger partial charge in [-0.1, -0.05) is 18.9 Å². The number of hydrogen-bond donors (Lipinski definition) is 2. The highest BCUT2D eigenvalue weighted by atomic mass is 19.2. The second-order valence-electron chi connectivity index (χ2n) is 5.35. The Bertz CT molecular complexity index is 479. The zero-order chi connectivity index (χ0) is 14.5. The molecule has 1 fully saturated rings. The number of carbonyl (C=O) groups excluding carboxylic acids is 1. The Kier molecular flexibility index (Phi) is 5.06. The first kappa shape index (κ1) is 14.9. The molecule has 1 aromatic carbocycles. The number of nitrogens with two attached hydrogens (primary N) is 1. The Morgan fingerprint density at radius 1 is 1.25 bits per heavy atom. The average molecular weight is 282 g/mol. The minimum atomic E-state index is -0.831. The van der Waals surface area contributed by atoms with Gasteiger partial charge in [0.2, 0.25) is 5.91 Å². The molecular weight excluding hydrogens is 262 g/mol. The molecule has 1 aliphatic carbocycles. The number of halogens is 2. The van der Waals surface area contributed by atoms with Gasteiger partial charge >= 0.3 is 0 Å². The maximum Gasteiger partial charge on any atom is 0.222 e. The molecule has 20 heavy (non-hydrogen) atoms. The molecule has 2 atom stereocenters. The molecule has 3 nitrogen and oxygen atoms in total. The van der Waals surface area contributed by atoms with Gasteiger partial charge in [-0.3, -0.25) is 4.79 Å². The highest BCUT2D eigenvalue weighted by Gasteiger charge is 2.28. The molecule has 3 N–H and O–H groups in total. The number of rotatable bonds is 5. The lowest BCUT2D eigenvalue weighted by Gasteiger charge is -2.30. The molecule has 5 heteroatoms. The highest BCUT2D eigenvalue weighted by molar-refractivity contribution is 5.77. The van der Waals surface area contributed by atoms with E-state index in [1.807, 2.05) is 0 Å². The zero-order valence-electron chi connectivity index (χ0n) is 11.4. The molecule has 1 aliphatic rings. The third-order valence-electron chi connectivity index (χ3n) is 3.94. The smallest absolute Gasteiger partial charge is 0.222 e. The van der Waals surface area contributed by atoms with Crippen molar-refractivity contribution in [3.05, 3.63) is 35.4 Å². The molecule has 0 unspecified atom stereocenters. The van der Waals surface area contributed by atoms with Gasteiger partial charge in [-0.25, -0.2) is 8.78 Å². The standard InChI is InChI=1S/C15H20F2N2O/c16-12-6-5-10(9-13(12)17)7-8-19-14-4-2-1-3-11(14)15(18)20/h5-6,9,11,14,19H,1-4,7-8H2,(H2,18,20)/t11-,14+/m1/s1. The summed E-state index contributed by atoms with van der Waals surface area (Å²) >= 11 is 0. The summed E-state index contributed by atoms with van der Waals surface area (Å²) in [6.07, 6.45) is 4.49. The van der Waals surface area contributed by atoms with Gasteiger partial charge in [0.25, 0.3) is 0 Å². The van der Waals surface area contributed by atoms with E-state index in [-0.39, 0.29) is 17.9 Å². The summed E-state index contributed by atoms with van der Waals surface area (Å²) in [5, 5.41) is 3.32. The van der Waals surface area contributed by atoms with Crippen molar-refractivity contribution in [2.75, 3.05) is 6.54 Å². The SMILES string of the molecule is NC(=O)[C@@H]1CCCC[C@@H]1NCCc1ccc(F)c(F)c1. The molecule has 1 saturated carbocycles. The Morgan fingerprint density at radius 2 is 2.00 bits per heavy atom. The van der Waals surface area contributed by atoms with Crippen LogP contribution in [0.15, 0.2) is 18.2 Å². The molecule has 0 radical (unpaired) electrons. The highest BCUT2D eigenvalue weighted by Crippen LogP contribution is 2.24. The van der Waals surface area contributed by atoms with Crippen molar-refractivity contribution in [1.29, 1.82) is 0 Å². The lowest BCUT2D eigenvalue weighted by molar-refractivity contribution is -0.123. The average Bonchev–Trinajstić information content (AvgIpc) is 2.43. The summed E-state index contributed by atoms with van der Waals surface area (Å²) < 4.78 is 25.9. The molecule has 0 aliphatic heterocycles. The van der Waals surface area contributed by atoms with Crippen molar-refractivity contribution in [3.63, 3.8) is 0 Å². The molecule has 0 bridgehead atoms. The molecule has 1 aromatic rings. The van der Waals surface area contributed by atoms with Crippen LogP contribution in [0.5, 0.6) is 0 Å². The number of carbonyl (C=O) groups is 1. The summed E-state index contributed by atoms with van der Waals surface area (Å²) in [7, 11) is 0. The van der Waals surface area contributed by atoms with Crippen LogP contribution in [0, 0.1) is 17.6 Å². The van der Waals surface area contributed by atoms with Gasteiger partial charge in [0.1, 0.15) is 0 Å². The van der Waals surface area contributed by atoms with Crippen LogP contribution < -0.4 is 11.1 Å². The van der Waals surface area contributed by atoms with E-state index in [1.54, 1.807) is 6.07 Å². The van der Waals surface area contributed by atoms with Crippen molar-refractivity contribution < 1.29 is 13.6 Å². The third kappa shape index (κ3) is 3.76. The van der Waals surface area contributed by atoms with Crippen LogP contribution in [0.25, 0.3) is 0 Å². The van der Waals surface area contributed by atoms with Crippen LogP contribution in [0.4, 0.5) is 8.78 Å². The van der Waals surface area contributed by atoms with Crippen molar-refractivity contribution >= 4 is 5.91 Å². The maximum absolute atomic E-state index is 13.1. The zero-order valence-corrected chi connectivity index (χ0v) is 11.4. The van der Waals surface area contributed by atoms with E-state index in [4.69, 9.17) is 5.73 Å². The minimum Gasteiger partial charge on any atom is -0.369 e. The maximum atomic E-state index is 13.1. The predicted octanol–water partition coefficient (Wildman–Crippen LogP) is 2.14. The molecule has 0 aromatic heterocycles. The molecule has 1 amide bonds. The number of primary amides is 1. The fraction of sp³-hybridized carbons (Fsp3) is 0.533. The lowest BCUT2D eigenvalue weighted by atomic mass is 9.84. The normalized spacial score (nSPS) is 22.7. The van der Waals surface area contributed by atoms with E-state index in [1.165, 1.54) is 6.07 Å². The van der Waals surface area contributed by atoms with Crippen LogP contribution in [0.1, 0.15) is 31.2 Å². The number of nitrogens with one attached hydrogen (secondary N) is 1. The molecular formula is C15H20F2N2O. The van der Waals surface area contributed by atoms with Crippen molar-refractivity contribution in [1.82, 2.24) is 5.32 Å². The lowest BCUT2D eigenvalue weighted by Crippen LogP contribution is -2.45. The summed E-state index contributed by atoms with van der Waals surface area (Å²) in [5.74, 6) is -2.03. The van der Waals surface area contributed by atoms with Crippen LogP contribution in [-0.4, -0.2) is 18.5 Å². The van der Waals surface area contributed by atoms with E-state index < -0.39 is 11.6 Å². The summed E-state index contributed by atoms with van der Waals surface area (Å²) in [6.45, 7) is 0.625. The molecule has 0 spiro atoms. The van der Waals surface area contributed by atoms with E-state index in [2.05, 4.69) is 5.32 Å². The van der Waals surface area contributed by atoms with E-state index in [9.17, 15) is 13.6 Å². The van der Waals surface area contributed by atoms with Crippen LogP contribution in [0.3, 0.4) is 0 Å². The van der Waals surface area contributed by atoms with Gasteiger partial charge < -0.3 is 11.1 Å². The number of benzene rings is 1. The second kappa shape index (κ2) is 6.79. The topological polar surface area (TPSA) is 55.1 Å². The van der Waals surface area contributed by atoms with E-state index in [0.29, 0.717) is 13.0 Å². The molecule has 110 valence electrons. The van der Waals surface area contributed by atoms with Crippen molar-refractivity contribution in [2.24, 2.45) is 11.7 Å². The first-order chi connectivity index (χ1) is 9.58. The van der Waals surface area contributed by atoms with Gasteiger partial charge in [-0.05, 0) is 43.5 Å². The Hall–Kier alpha value is -1.49. The van der Waals surface area contributed by atoms with Crippen LogP contribution in [-0.2, 0) is 11.2 Å². The monoisotopic (exact) mass is 282 g/mol. The van der Waals surface area contributed by atoms with Gasteiger partial charge in [0.05, 0.1) is 5.92 Å². The van der Waals surface area contributed by atoms with Crippen LogP contribution >= 0.6 is 0 Å². The summed E-state index contributed by atoms with van der Waals surface area (Å²) in [6, 6.07) is 4.03. The van der Waals surface area contributed by atoms with Gasteiger partial charge in [0.15, 0.2) is 11.6 Å². The van der Waals surface area contributed by atoms with Crippen molar-refractivity contribution in [2.45, 2.75) is 38.1 Å². The quantitative estimate of drug-likeness (QED) is 0.869. The van der Waals surface area contributed by atoms with Crippen molar-refractivity contribution in [3.8, 4) is 0 Å². The Balaban J connectivity index is 1.85. The van der Waals surface area contributed by atoms with Gasteiger partial charge in [0, 0.05) is 6.04 Å². The van der Waals surface area contributed by atoms with E-state index >= 15 is 0 Å².